The molecule has 25 heavy (non-hydrogen) atoms. The van der Waals surface area contributed by atoms with Crippen molar-refractivity contribution in [1.82, 2.24) is 5.32 Å². The minimum absolute atomic E-state index is 0. The third-order valence-corrected chi connectivity index (χ3v) is 4.47. The van der Waals surface area contributed by atoms with E-state index in [0.717, 1.165) is 5.56 Å². The summed E-state index contributed by atoms with van der Waals surface area (Å²) >= 11 is 0. The molecule has 1 aromatic carbocycles. The highest BCUT2D eigenvalue weighted by molar-refractivity contribution is 5.98. The summed E-state index contributed by atoms with van der Waals surface area (Å²) in [4.78, 5) is 24.8. The minimum Gasteiger partial charge on any atom is -0.381 e. The Bertz CT molecular complexity index is 614. The van der Waals surface area contributed by atoms with E-state index in [1.165, 1.54) is 0 Å². The van der Waals surface area contributed by atoms with Gasteiger partial charge in [0.05, 0.1) is 5.41 Å². The number of nitrogens with two attached hydrogens (primary N) is 1. The van der Waals surface area contributed by atoms with Crippen LogP contribution in [0.1, 0.15) is 42.6 Å². The summed E-state index contributed by atoms with van der Waals surface area (Å²) in [5.74, 6) is -0.185. The zero-order valence-electron chi connectivity index (χ0n) is 15.1. The van der Waals surface area contributed by atoms with Crippen LogP contribution in [0.2, 0.25) is 0 Å². The third-order valence-electron chi connectivity index (χ3n) is 4.47. The molecular formula is C18H28ClN3O3. The number of amides is 2. The van der Waals surface area contributed by atoms with Crippen LogP contribution in [0.25, 0.3) is 0 Å². The quantitative estimate of drug-likeness (QED) is 0.742. The maximum absolute atomic E-state index is 12.7. The molecule has 1 aliphatic heterocycles. The lowest BCUT2D eigenvalue weighted by atomic mass is 9.79. The summed E-state index contributed by atoms with van der Waals surface area (Å²) in [6.45, 7) is 7.11. The summed E-state index contributed by atoms with van der Waals surface area (Å²) in [6.07, 6.45) is 1.26. The van der Waals surface area contributed by atoms with E-state index < -0.39 is 5.41 Å². The Morgan fingerprint density at radius 2 is 1.92 bits per heavy atom. The maximum atomic E-state index is 12.7. The molecule has 4 N–H and O–H groups in total. The molecule has 1 saturated heterocycles. The zero-order valence-corrected chi connectivity index (χ0v) is 15.9. The fourth-order valence-electron chi connectivity index (χ4n) is 2.89. The number of ether oxygens (including phenoxy) is 1. The Kier molecular flexibility index (Phi) is 7.86. The van der Waals surface area contributed by atoms with E-state index in [-0.39, 0.29) is 30.3 Å². The fourth-order valence-corrected chi connectivity index (χ4v) is 2.89. The third kappa shape index (κ3) is 5.17. The van der Waals surface area contributed by atoms with Crippen molar-refractivity contribution in [3.05, 3.63) is 29.3 Å². The van der Waals surface area contributed by atoms with E-state index in [2.05, 4.69) is 10.6 Å². The van der Waals surface area contributed by atoms with Gasteiger partial charge in [-0.25, -0.2) is 0 Å². The van der Waals surface area contributed by atoms with E-state index >= 15 is 0 Å². The lowest BCUT2D eigenvalue weighted by molar-refractivity contribution is -0.130. The van der Waals surface area contributed by atoms with Gasteiger partial charge in [0.15, 0.2) is 0 Å². The van der Waals surface area contributed by atoms with Gasteiger partial charge in [-0.1, -0.05) is 0 Å². The second kappa shape index (κ2) is 9.17. The van der Waals surface area contributed by atoms with Crippen LogP contribution in [-0.2, 0) is 9.53 Å². The Morgan fingerprint density at radius 3 is 2.44 bits per heavy atom. The molecule has 140 valence electrons. The number of hydrogen-bond acceptors (Lipinski definition) is 4. The fraction of sp³-hybridized carbons (Fsp3) is 0.556. The van der Waals surface area contributed by atoms with Gasteiger partial charge in [0.25, 0.3) is 5.91 Å². The molecule has 1 heterocycles. The van der Waals surface area contributed by atoms with Crippen molar-refractivity contribution >= 4 is 29.9 Å². The second-order valence-electron chi connectivity index (χ2n) is 6.71. The van der Waals surface area contributed by atoms with Crippen LogP contribution in [-0.4, -0.2) is 37.6 Å². The van der Waals surface area contributed by atoms with Gasteiger partial charge in [-0.05, 0) is 57.4 Å². The lowest BCUT2D eigenvalue weighted by Gasteiger charge is -2.34. The van der Waals surface area contributed by atoms with Gasteiger partial charge in [0.2, 0.25) is 5.91 Å². The number of carbonyl (C=O) groups excluding carboxylic acids is 2. The number of anilines is 1. The van der Waals surface area contributed by atoms with Crippen LogP contribution in [0.5, 0.6) is 0 Å². The van der Waals surface area contributed by atoms with Gasteiger partial charge in [-0.2, -0.15) is 0 Å². The Hall–Kier alpha value is -1.63. The molecule has 0 radical (unpaired) electrons. The average molecular weight is 370 g/mol. The number of rotatable bonds is 5. The maximum Gasteiger partial charge on any atom is 0.251 e. The molecule has 6 nitrogen and oxygen atoms in total. The molecule has 1 aromatic rings. The van der Waals surface area contributed by atoms with E-state index in [9.17, 15) is 9.59 Å². The first-order valence-corrected chi connectivity index (χ1v) is 8.39. The predicted molar refractivity (Wildman–Crippen MR) is 101 cm³/mol. The number of carbonyl (C=O) groups is 2. The summed E-state index contributed by atoms with van der Waals surface area (Å²) in [5, 5.41) is 5.82. The molecule has 7 heteroatoms. The summed E-state index contributed by atoms with van der Waals surface area (Å²) in [7, 11) is 0. The van der Waals surface area contributed by atoms with Crippen molar-refractivity contribution in [3.63, 3.8) is 0 Å². The van der Waals surface area contributed by atoms with Crippen molar-refractivity contribution in [1.29, 1.82) is 0 Å². The molecule has 0 spiro atoms. The lowest BCUT2D eigenvalue weighted by Crippen LogP contribution is -2.46. The summed E-state index contributed by atoms with van der Waals surface area (Å²) < 4.78 is 5.34. The standard InChI is InChI=1S/C18H27N3O3.ClH/c1-12(2)20-16(22)15-5-4-14(10-13(15)3)21-17(23)18(11-19)6-8-24-9-7-18;/h4-5,10,12H,6-9,11,19H2,1-3H3,(H,20,22)(H,21,23);1H. The number of hydrogen-bond donors (Lipinski definition) is 3. The topological polar surface area (TPSA) is 93.5 Å². The molecule has 0 aromatic heterocycles. The second-order valence-corrected chi connectivity index (χ2v) is 6.71. The van der Waals surface area contributed by atoms with Crippen molar-refractivity contribution < 1.29 is 14.3 Å². The van der Waals surface area contributed by atoms with Crippen LogP contribution < -0.4 is 16.4 Å². The molecule has 0 aliphatic carbocycles. The molecule has 0 atom stereocenters. The highest BCUT2D eigenvalue weighted by Crippen LogP contribution is 2.31. The van der Waals surface area contributed by atoms with Crippen LogP contribution in [0.3, 0.4) is 0 Å². The molecule has 1 aliphatic rings. The van der Waals surface area contributed by atoms with Gasteiger partial charge in [0, 0.05) is 37.1 Å². The average Bonchev–Trinajstić information content (AvgIpc) is 2.54. The Morgan fingerprint density at radius 1 is 1.28 bits per heavy atom. The van der Waals surface area contributed by atoms with Crippen LogP contribution in [0.15, 0.2) is 18.2 Å². The molecule has 2 amide bonds. The van der Waals surface area contributed by atoms with Gasteiger partial charge >= 0.3 is 0 Å². The van der Waals surface area contributed by atoms with E-state index in [1.54, 1.807) is 12.1 Å². The number of nitrogens with one attached hydrogen (secondary N) is 2. The Balaban J connectivity index is 0.00000312. The molecule has 2 rings (SSSR count). The van der Waals surface area contributed by atoms with Crippen molar-refractivity contribution in [2.75, 3.05) is 25.1 Å². The smallest absolute Gasteiger partial charge is 0.251 e. The molecule has 0 saturated carbocycles. The van der Waals surface area contributed by atoms with Gasteiger partial charge < -0.3 is 21.1 Å². The number of benzene rings is 1. The Labute approximate surface area is 155 Å². The van der Waals surface area contributed by atoms with Gasteiger partial charge in [0.1, 0.15) is 0 Å². The van der Waals surface area contributed by atoms with Gasteiger partial charge in [-0.3, -0.25) is 9.59 Å². The van der Waals surface area contributed by atoms with Crippen LogP contribution in [0.4, 0.5) is 5.69 Å². The van der Waals surface area contributed by atoms with Crippen molar-refractivity contribution in [3.8, 4) is 0 Å². The van der Waals surface area contributed by atoms with E-state index in [0.29, 0.717) is 43.9 Å². The van der Waals surface area contributed by atoms with Crippen LogP contribution in [0, 0.1) is 12.3 Å². The zero-order chi connectivity index (χ0) is 17.7. The van der Waals surface area contributed by atoms with Crippen LogP contribution >= 0.6 is 12.4 Å². The molecular weight excluding hydrogens is 342 g/mol. The monoisotopic (exact) mass is 369 g/mol. The summed E-state index contributed by atoms with van der Waals surface area (Å²) in [6, 6.07) is 5.39. The highest BCUT2D eigenvalue weighted by atomic mass is 35.5. The molecule has 1 fully saturated rings. The first kappa shape index (κ1) is 21.4. The summed E-state index contributed by atoms with van der Waals surface area (Å²) in [5.41, 5.74) is 7.40. The SMILES string of the molecule is Cc1cc(NC(=O)C2(CN)CCOCC2)ccc1C(=O)NC(C)C.Cl. The first-order chi connectivity index (χ1) is 11.4. The van der Waals surface area contributed by atoms with E-state index in [4.69, 9.17) is 10.5 Å². The molecule has 0 unspecified atom stereocenters. The first-order valence-electron chi connectivity index (χ1n) is 8.39. The normalized spacial score (nSPS) is 16.0. The minimum atomic E-state index is -0.570. The number of aryl methyl sites for hydroxylation is 1. The largest absolute Gasteiger partial charge is 0.381 e. The molecule has 0 bridgehead atoms. The van der Waals surface area contributed by atoms with Gasteiger partial charge in [-0.15, -0.1) is 12.4 Å². The van der Waals surface area contributed by atoms with E-state index in [1.807, 2.05) is 26.8 Å². The number of halogens is 1. The van der Waals surface area contributed by atoms with Crippen molar-refractivity contribution in [2.45, 2.75) is 39.7 Å². The van der Waals surface area contributed by atoms with Crippen molar-refractivity contribution in [2.24, 2.45) is 11.1 Å². The highest BCUT2D eigenvalue weighted by Gasteiger charge is 2.38. The predicted octanol–water partition coefficient (Wildman–Crippen LogP) is 2.25.